The van der Waals surface area contributed by atoms with Gasteiger partial charge in [0.15, 0.2) is 0 Å². The number of hydrogen-bond acceptors (Lipinski definition) is 5. The van der Waals surface area contributed by atoms with Crippen molar-refractivity contribution in [3.05, 3.63) is 24.3 Å². The zero-order chi connectivity index (χ0) is 14.8. The Balaban J connectivity index is 2.30. The Labute approximate surface area is 117 Å². The number of primary sulfonamides is 1. The van der Waals surface area contributed by atoms with Crippen molar-refractivity contribution in [3.63, 3.8) is 0 Å². The van der Waals surface area contributed by atoms with Gasteiger partial charge in [0.05, 0.1) is 18.9 Å². The van der Waals surface area contributed by atoms with E-state index >= 15 is 0 Å². The molecule has 10 heteroatoms. The van der Waals surface area contributed by atoms with E-state index in [-0.39, 0.29) is 23.7 Å². The summed E-state index contributed by atoms with van der Waals surface area (Å²) in [6.45, 7) is 1.04. The van der Waals surface area contributed by atoms with Crippen molar-refractivity contribution in [2.45, 2.75) is 4.90 Å². The van der Waals surface area contributed by atoms with E-state index in [4.69, 9.17) is 9.88 Å². The van der Waals surface area contributed by atoms with Crippen LogP contribution in [0.3, 0.4) is 0 Å². The lowest BCUT2D eigenvalue weighted by atomic mass is 10.3. The molecule has 0 aromatic heterocycles. The second-order valence-corrected chi connectivity index (χ2v) is 7.36. The minimum Gasteiger partial charge on any atom is -0.379 e. The highest BCUT2D eigenvalue weighted by Gasteiger charge is 2.26. The average Bonchev–Trinajstić information content (AvgIpc) is 2.39. The summed E-state index contributed by atoms with van der Waals surface area (Å²) in [5.41, 5.74) is -0.0681. The first-order valence-corrected chi connectivity index (χ1v) is 8.77. The molecule has 1 heterocycles. The average molecular weight is 321 g/mol. The molecule has 0 amide bonds. The molecule has 1 aliphatic rings. The summed E-state index contributed by atoms with van der Waals surface area (Å²) in [4.78, 5) is -0.267. The van der Waals surface area contributed by atoms with Crippen LogP contribution in [0.2, 0.25) is 0 Å². The summed E-state index contributed by atoms with van der Waals surface area (Å²) < 4.78 is 55.7. The summed E-state index contributed by atoms with van der Waals surface area (Å²) >= 11 is 0. The van der Waals surface area contributed by atoms with Gasteiger partial charge in [-0.2, -0.15) is 12.7 Å². The van der Waals surface area contributed by atoms with Gasteiger partial charge in [-0.15, -0.1) is 0 Å². The van der Waals surface area contributed by atoms with Crippen molar-refractivity contribution in [1.29, 1.82) is 0 Å². The minimum absolute atomic E-state index is 0.0681. The van der Waals surface area contributed by atoms with E-state index in [1.165, 1.54) is 28.6 Å². The molecule has 0 spiro atoms. The molecular formula is C10H15N3O5S2. The van der Waals surface area contributed by atoms with Crippen LogP contribution < -0.4 is 9.86 Å². The van der Waals surface area contributed by atoms with Gasteiger partial charge >= 0.3 is 10.2 Å². The van der Waals surface area contributed by atoms with E-state index in [1.807, 2.05) is 0 Å². The second-order valence-electron chi connectivity index (χ2n) is 4.16. The molecule has 1 fully saturated rings. The van der Waals surface area contributed by atoms with Crippen LogP contribution in [0, 0.1) is 0 Å². The molecule has 0 radical (unpaired) electrons. The van der Waals surface area contributed by atoms with Gasteiger partial charge in [0.25, 0.3) is 0 Å². The number of nitrogens with one attached hydrogen (secondary N) is 1. The van der Waals surface area contributed by atoms with Crippen molar-refractivity contribution in [2.24, 2.45) is 5.14 Å². The lowest BCUT2D eigenvalue weighted by Gasteiger charge is -2.26. The van der Waals surface area contributed by atoms with Crippen LogP contribution in [-0.2, 0) is 25.0 Å². The lowest BCUT2D eigenvalue weighted by molar-refractivity contribution is 0.0733. The fourth-order valence-corrected chi connectivity index (χ4v) is 3.76. The molecule has 0 atom stereocenters. The number of nitrogens with zero attached hydrogens (tertiary/aromatic N) is 1. The first kappa shape index (κ1) is 15.2. The van der Waals surface area contributed by atoms with Gasteiger partial charge < -0.3 is 4.74 Å². The highest BCUT2D eigenvalue weighted by Crippen LogP contribution is 2.21. The Kier molecular flexibility index (Phi) is 4.30. The summed E-state index contributed by atoms with van der Waals surface area (Å²) in [5.74, 6) is 0. The number of rotatable bonds is 4. The van der Waals surface area contributed by atoms with E-state index in [0.717, 1.165) is 0 Å². The molecule has 1 aromatic rings. The Morgan fingerprint density at radius 2 is 1.70 bits per heavy atom. The van der Waals surface area contributed by atoms with E-state index in [0.29, 0.717) is 13.2 Å². The van der Waals surface area contributed by atoms with Crippen LogP contribution in [0.1, 0.15) is 0 Å². The number of morpholine rings is 1. The van der Waals surface area contributed by atoms with Gasteiger partial charge in [-0.05, 0) is 12.1 Å². The largest absolute Gasteiger partial charge is 0.379 e. The molecule has 1 aromatic carbocycles. The highest BCUT2D eigenvalue weighted by atomic mass is 32.2. The zero-order valence-electron chi connectivity index (χ0n) is 10.5. The Morgan fingerprint density at radius 3 is 2.30 bits per heavy atom. The molecule has 0 unspecified atom stereocenters. The zero-order valence-corrected chi connectivity index (χ0v) is 12.2. The molecule has 8 nitrogen and oxygen atoms in total. The van der Waals surface area contributed by atoms with Gasteiger partial charge in [0.2, 0.25) is 10.0 Å². The van der Waals surface area contributed by atoms with Gasteiger partial charge in [-0.25, -0.2) is 13.6 Å². The monoisotopic (exact) mass is 321 g/mol. The Bertz CT molecular complexity index is 681. The molecule has 3 N–H and O–H groups in total. The molecule has 0 bridgehead atoms. The smallest absolute Gasteiger partial charge is 0.301 e. The SMILES string of the molecule is NS(=O)(=O)c1ccccc1NS(=O)(=O)N1CCOCC1. The fourth-order valence-electron chi connectivity index (χ4n) is 1.79. The van der Waals surface area contributed by atoms with Crippen LogP contribution in [0.5, 0.6) is 0 Å². The van der Waals surface area contributed by atoms with Crippen LogP contribution in [-0.4, -0.2) is 47.4 Å². The molecular weight excluding hydrogens is 306 g/mol. The summed E-state index contributed by atoms with van der Waals surface area (Å²) in [5, 5.41) is 5.06. The van der Waals surface area contributed by atoms with Crippen LogP contribution in [0.25, 0.3) is 0 Å². The van der Waals surface area contributed by atoms with Crippen molar-refractivity contribution in [3.8, 4) is 0 Å². The van der Waals surface area contributed by atoms with Crippen molar-refractivity contribution in [2.75, 3.05) is 31.0 Å². The maximum atomic E-state index is 12.2. The van der Waals surface area contributed by atoms with Gasteiger partial charge in [0.1, 0.15) is 4.90 Å². The third-order valence-corrected chi connectivity index (χ3v) is 5.23. The van der Waals surface area contributed by atoms with Crippen LogP contribution in [0.15, 0.2) is 29.2 Å². The normalized spacial score (nSPS) is 17.9. The van der Waals surface area contributed by atoms with E-state index in [1.54, 1.807) is 0 Å². The topological polar surface area (TPSA) is 119 Å². The lowest BCUT2D eigenvalue weighted by Crippen LogP contribution is -2.43. The van der Waals surface area contributed by atoms with Crippen LogP contribution >= 0.6 is 0 Å². The predicted octanol–water partition coefficient (Wildman–Crippen LogP) is -0.677. The quantitative estimate of drug-likeness (QED) is 0.762. The predicted molar refractivity (Wildman–Crippen MR) is 72.7 cm³/mol. The van der Waals surface area contributed by atoms with Crippen LogP contribution in [0.4, 0.5) is 5.69 Å². The van der Waals surface area contributed by atoms with Gasteiger partial charge in [-0.3, -0.25) is 4.72 Å². The Morgan fingerprint density at radius 1 is 1.10 bits per heavy atom. The molecule has 1 saturated heterocycles. The summed E-state index contributed by atoms with van der Waals surface area (Å²) in [6, 6.07) is 5.57. The minimum atomic E-state index is -4.01. The Hall–Kier alpha value is -1.20. The maximum Gasteiger partial charge on any atom is 0.301 e. The van der Waals surface area contributed by atoms with Crippen molar-refractivity contribution in [1.82, 2.24) is 4.31 Å². The standard InChI is InChI=1S/C10H15N3O5S2/c11-19(14,15)10-4-2-1-3-9(10)12-20(16,17)13-5-7-18-8-6-13/h1-4,12H,5-8H2,(H2,11,14,15). The summed E-state index contributed by atoms with van der Waals surface area (Å²) in [7, 11) is -7.84. The number of para-hydroxylation sites is 1. The second kappa shape index (κ2) is 5.66. The number of nitrogens with two attached hydrogens (primary N) is 1. The third-order valence-electron chi connectivity index (χ3n) is 2.74. The molecule has 112 valence electrons. The number of benzene rings is 1. The van der Waals surface area contributed by atoms with Gasteiger partial charge in [0, 0.05) is 13.1 Å². The van der Waals surface area contributed by atoms with Gasteiger partial charge in [-0.1, -0.05) is 12.1 Å². The number of anilines is 1. The molecule has 2 rings (SSSR count). The van der Waals surface area contributed by atoms with Crippen molar-refractivity contribution < 1.29 is 21.6 Å². The third kappa shape index (κ3) is 3.46. The first-order valence-electron chi connectivity index (χ1n) is 5.78. The first-order chi connectivity index (χ1) is 9.31. The van der Waals surface area contributed by atoms with E-state index in [9.17, 15) is 16.8 Å². The maximum absolute atomic E-state index is 12.2. The molecule has 20 heavy (non-hydrogen) atoms. The number of hydrogen-bond donors (Lipinski definition) is 2. The molecule has 1 aliphatic heterocycles. The highest BCUT2D eigenvalue weighted by molar-refractivity contribution is 7.91. The summed E-state index contributed by atoms with van der Waals surface area (Å²) in [6.07, 6.45) is 0. The molecule has 0 saturated carbocycles. The number of ether oxygens (including phenoxy) is 1. The molecule has 0 aliphatic carbocycles. The fraction of sp³-hybridized carbons (Fsp3) is 0.400. The van der Waals surface area contributed by atoms with Crippen molar-refractivity contribution >= 4 is 25.9 Å². The number of sulfonamides is 1. The van der Waals surface area contributed by atoms with E-state index < -0.39 is 20.2 Å². The van der Waals surface area contributed by atoms with E-state index in [2.05, 4.69) is 4.72 Å².